The lowest BCUT2D eigenvalue weighted by atomic mass is 10.2. The van der Waals surface area contributed by atoms with Gasteiger partial charge in [-0.05, 0) is 48.5 Å². The highest BCUT2D eigenvalue weighted by Crippen LogP contribution is 2.23. The second-order valence-electron chi connectivity index (χ2n) is 6.08. The van der Waals surface area contributed by atoms with Gasteiger partial charge in [0.05, 0.1) is 17.6 Å². The van der Waals surface area contributed by atoms with Crippen molar-refractivity contribution in [3.05, 3.63) is 78.3 Å². The second-order valence-corrected chi connectivity index (χ2v) is 8.56. The lowest BCUT2D eigenvalue weighted by Crippen LogP contribution is -2.26. The van der Waals surface area contributed by atoms with Crippen LogP contribution in [-0.2, 0) is 16.6 Å². The molecule has 0 spiro atoms. The predicted octanol–water partition coefficient (Wildman–Crippen LogP) is 4.41. The monoisotopic (exact) mass is 417 g/mol. The molecular formula is C20H20ClN3O3S. The number of nitrogens with one attached hydrogen (secondary N) is 1. The molecule has 8 heteroatoms. The zero-order valence-corrected chi connectivity index (χ0v) is 16.9. The van der Waals surface area contributed by atoms with Crippen LogP contribution in [0.5, 0.6) is 0 Å². The van der Waals surface area contributed by atoms with Gasteiger partial charge in [-0.3, -0.25) is 0 Å². The molecule has 2 aromatic carbocycles. The van der Waals surface area contributed by atoms with Crippen molar-refractivity contribution in [3.63, 3.8) is 0 Å². The Morgan fingerprint density at radius 3 is 2.50 bits per heavy atom. The zero-order valence-electron chi connectivity index (χ0n) is 15.3. The molecule has 0 aliphatic rings. The maximum atomic E-state index is 12.4. The van der Waals surface area contributed by atoms with E-state index in [0.717, 1.165) is 11.3 Å². The van der Waals surface area contributed by atoms with Crippen molar-refractivity contribution in [1.29, 1.82) is 0 Å². The molecule has 0 fully saturated rings. The van der Waals surface area contributed by atoms with Crippen LogP contribution in [0.15, 0.2) is 76.7 Å². The van der Waals surface area contributed by atoms with Crippen LogP contribution >= 0.6 is 11.6 Å². The fourth-order valence-electron chi connectivity index (χ4n) is 2.52. The van der Waals surface area contributed by atoms with Crippen molar-refractivity contribution in [2.45, 2.75) is 11.4 Å². The Labute approximate surface area is 169 Å². The smallest absolute Gasteiger partial charge is 0.243 e. The number of nitrogens with zero attached hydrogens (tertiary/aromatic N) is 2. The molecule has 0 aliphatic heterocycles. The van der Waals surface area contributed by atoms with Crippen LogP contribution in [0.2, 0.25) is 5.02 Å². The maximum Gasteiger partial charge on any atom is 0.243 e. The van der Waals surface area contributed by atoms with Crippen molar-refractivity contribution >= 4 is 27.3 Å². The van der Waals surface area contributed by atoms with Crippen LogP contribution in [-0.4, -0.2) is 31.3 Å². The summed E-state index contributed by atoms with van der Waals surface area (Å²) in [4.78, 5) is 4.48. The molecule has 3 rings (SSSR count). The van der Waals surface area contributed by atoms with E-state index in [1.165, 1.54) is 11.4 Å². The highest BCUT2D eigenvalue weighted by atomic mass is 35.5. The first kappa shape index (κ1) is 20.1. The third kappa shape index (κ3) is 4.62. The molecule has 1 N–H and O–H groups in total. The third-order valence-corrected chi connectivity index (χ3v) is 6.16. The van der Waals surface area contributed by atoms with E-state index in [1.807, 2.05) is 12.1 Å². The molecule has 0 atom stereocenters. The fourth-order valence-corrected chi connectivity index (χ4v) is 3.79. The van der Waals surface area contributed by atoms with E-state index in [9.17, 15) is 8.42 Å². The molecule has 0 bridgehead atoms. The summed E-state index contributed by atoms with van der Waals surface area (Å²) < 4.78 is 31.8. The molecule has 0 aliphatic carbocycles. The largest absolute Gasteiger partial charge is 0.439 e. The number of aromatic nitrogens is 1. The van der Waals surface area contributed by atoms with Crippen LogP contribution < -0.4 is 5.32 Å². The van der Waals surface area contributed by atoms with E-state index >= 15 is 0 Å². The molecule has 146 valence electrons. The SMILES string of the molecule is C=CCN(C)S(=O)(=O)c1ccc(NCc2ncc(-c3ccc(Cl)cc3)o2)cc1. The number of oxazole rings is 1. The minimum Gasteiger partial charge on any atom is -0.439 e. The standard InChI is InChI=1S/C20H20ClN3O3S/c1-3-12-24(2)28(25,26)18-10-8-17(9-11-18)22-14-20-23-13-19(27-20)15-4-6-16(21)7-5-15/h3-11,13,22H,1,12,14H2,2H3. The van der Waals surface area contributed by atoms with Crippen LogP contribution in [0.3, 0.4) is 0 Å². The molecule has 0 saturated carbocycles. The lowest BCUT2D eigenvalue weighted by molar-refractivity contribution is 0.499. The molecule has 3 aromatic rings. The van der Waals surface area contributed by atoms with Gasteiger partial charge in [-0.15, -0.1) is 6.58 Å². The predicted molar refractivity (Wildman–Crippen MR) is 111 cm³/mol. The molecule has 0 amide bonds. The lowest BCUT2D eigenvalue weighted by Gasteiger charge is -2.15. The highest BCUT2D eigenvalue weighted by molar-refractivity contribution is 7.89. The van der Waals surface area contributed by atoms with E-state index in [4.69, 9.17) is 16.0 Å². The van der Waals surface area contributed by atoms with E-state index in [-0.39, 0.29) is 11.4 Å². The van der Waals surface area contributed by atoms with Gasteiger partial charge in [-0.25, -0.2) is 13.4 Å². The van der Waals surface area contributed by atoms with E-state index in [0.29, 0.717) is 23.2 Å². The molecule has 0 radical (unpaired) electrons. The second kappa shape index (κ2) is 8.60. The summed E-state index contributed by atoms with van der Waals surface area (Å²) in [5.74, 6) is 1.17. The van der Waals surface area contributed by atoms with Gasteiger partial charge in [0, 0.05) is 29.9 Å². The van der Waals surface area contributed by atoms with Gasteiger partial charge in [0.1, 0.15) is 0 Å². The quantitative estimate of drug-likeness (QED) is 0.549. The van der Waals surface area contributed by atoms with Crippen LogP contribution in [0.1, 0.15) is 5.89 Å². The summed E-state index contributed by atoms with van der Waals surface area (Å²) in [6, 6.07) is 13.8. The molecule has 0 unspecified atom stereocenters. The van der Waals surface area contributed by atoms with Crippen molar-refractivity contribution < 1.29 is 12.8 Å². The number of sulfonamides is 1. The van der Waals surface area contributed by atoms with Gasteiger partial charge in [-0.1, -0.05) is 17.7 Å². The number of likely N-dealkylation sites (N-methyl/N-ethyl adjacent to an activating group) is 1. The van der Waals surface area contributed by atoms with Crippen molar-refractivity contribution in [2.75, 3.05) is 18.9 Å². The average Bonchev–Trinajstić information content (AvgIpc) is 3.16. The Morgan fingerprint density at radius 2 is 1.86 bits per heavy atom. The van der Waals surface area contributed by atoms with Crippen LogP contribution in [0.4, 0.5) is 5.69 Å². The minimum absolute atomic E-state index is 0.226. The first-order chi connectivity index (χ1) is 13.4. The average molecular weight is 418 g/mol. The van der Waals surface area contributed by atoms with Gasteiger partial charge >= 0.3 is 0 Å². The Morgan fingerprint density at radius 1 is 1.18 bits per heavy atom. The normalized spacial score (nSPS) is 11.5. The zero-order chi connectivity index (χ0) is 20.1. The number of benzene rings is 2. The molecule has 6 nitrogen and oxygen atoms in total. The third-order valence-electron chi connectivity index (χ3n) is 4.07. The molecular weight excluding hydrogens is 398 g/mol. The molecule has 1 heterocycles. The van der Waals surface area contributed by atoms with Gasteiger partial charge in [0.2, 0.25) is 15.9 Å². The fraction of sp³-hybridized carbons (Fsp3) is 0.150. The number of rotatable bonds is 8. The van der Waals surface area contributed by atoms with Crippen LogP contribution in [0, 0.1) is 0 Å². The number of hydrogen-bond acceptors (Lipinski definition) is 5. The summed E-state index contributed by atoms with van der Waals surface area (Å²) in [6.45, 7) is 4.19. The van der Waals surface area contributed by atoms with Crippen molar-refractivity contribution in [2.24, 2.45) is 0 Å². The Hall–Kier alpha value is -2.61. The van der Waals surface area contributed by atoms with E-state index in [1.54, 1.807) is 48.7 Å². The van der Waals surface area contributed by atoms with Gasteiger partial charge < -0.3 is 9.73 Å². The Kier molecular flexibility index (Phi) is 6.18. The molecule has 28 heavy (non-hydrogen) atoms. The summed E-state index contributed by atoms with van der Waals surface area (Å²) in [5.41, 5.74) is 1.65. The summed E-state index contributed by atoms with van der Waals surface area (Å²) in [6.07, 6.45) is 3.20. The highest BCUT2D eigenvalue weighted by Gasteiger charge is 2.19. The molecule has 0 saturated heterocycles. The summed E-state index contributed by atoms with van der Waals surface area (Å²) in [5, 5.41) is 3.82. The number of anilines is 1. The Balaban J connectivity index is 1.64. The number of halogens is 1. The minimum atomic E-state index is -3.52. The van der Waals surface area contributed by atoms with Crippen LogP contribution in [0.25, 0.3) is 11.3 Å². The topological polar surface area (TPSA) is 75.4 Å². The first-order valence-electron chi connectivity index (χ1n) is 8.52. The van der Waals surface area contributed by atoms with E-state index < -0.39 is 10.0 Å². The van der Waals surface area contributed by atoms with Crippen molar-refractivity contribution in [3.8, 4) is 11.3 Å². The van der Waals surface area contributed by atoms with Gasteiger partial charge in [-0.2, -0.15) is 4.31 Å². The summed E-state index contributed by atoms with van der Waals surface area (Å²) in [7, 11) is -2.00. The van der Waals surface area contributed by atoms with Gasteiger partial charge in [0.25, 0.3) is 0 Å². The maximum absolute atomic E-state index is 12.4. The summed E-state index contributed by atoms with van der Waals surface area (Å²) >= 11 is 5.89. The molecule has 1 aromatic heterocycles. The van der Waals surface area contributed by atoms with E-state index in [2.05, 4.69) is 16.9 Å². The first-order valence-corrected chi connectivity index (χ1v) is 10.3. The van der Waals surface area contributed by atoms with Gasteiger partial charge in [0.15, 0.2) is 5.76 Å². The van der Waals surface area contributed by atoms with Crippen molar-refractivity contribution in [1.82, 2.24) is 9.29 Å². The number of hydrogen-bond donors (Lipinski definition) is 1. The Bertz CT molecular complexity index is 1050.